The van der Waals surface area contributed by atoms with Crippen LogP contribution in [0.25, 0.3) is 0 Å². The number of aliphatic carboxylic acids is 1. The van der Waals surface area contributed by atoms with Crippen molar-refractivity contribution >= 4 is 11.9 Å². The third-order valence-electron chi connectivity index (χ3n) is 4.35. The van der Waals surface area contributed by atoms with Gasteiger partial charge in [0.1, 0.15) is 6.10 Å². The molecule has 0 spiro atoms. The van der Waals surface area contributed by atoms with Crippen LogP contribution < -0.4 is 5.32 Å². The average Bonchev–Trinajstić information content (AvgIpc) is 2.97. The van der Waals surface area contributed by atoms with Crippen molar-refractivity contribution in [1.29, 1.82) is 0 Å². The third kappa shape index (κ3) is 4.55. The predicted molar refractivity (Wildman–Crippen MR) is 87.2 cm³/mol. The monoisotopic (exact) mass is 319 g/mol. The lowest BCUT2D eigenvalue weighted by Crippen LogP contribution is -2.42. The van der Waals surface area contributed by atoms with E-state index in [1.54, 1.807) is 0 Å². The number of hydrogen-bond donors (Lipinski definition) is 2. The molecule has 1 amide bonds. The fraction of sp³-hybridized carbons (Fsp3) is 0.556. The molecule has 0 aromatic heterocycles. The van der Waals surface area contributed by atoms with E-state index < -0.39 is 18.2 Å². The minimum atomic E-state index is -1.00. The first-order valence-electron chi connectivity index (χ1n) is 8.04. The molecule has 1 unspecified atom stereocenters. The van der Waals surface area contributed by atoms with Crippen molar-refractivity contribution in [2.75, 3.05) is 0 Å². The van der Waals surface area contributed by atoms with Gasteiger partial charge in [-0.15, -0.1) is 0 Å². The Balaban J connectivity index is 1.88. The maximum atomic E-state index is 12.2. The Morgan fingerprint density at radius 1 is 1.26 bits per heavy atom. The normalized spacial score (nSPS) is 22.6. The molecule has 5 nitrogen and oxygen atoms in total. The van der Waals surface area contributed by atoms with E-state index in [1.165, 1.54) is 5.56 Å². The van der Waals surface area contributed by atoms with Crippen molar-refractivity contribution < 1.29 is 19.4 Å². The van der Waals surface area contributed by atoms with Gasteiger partial charge in [0.25, 0.3) is 0 Å². The van der Waals surface area contributed by atoms with E-state index in [4.69, 9.17) is 9.84 Å². The van der Waals surface area contributed by atoms with Crippen LogP contribution in [0.3, 0.4) is 0 Å². The number of carbonyl (C=O) groups is 2. The van der Waals surface area contributed by atoms with E-state index >= 15 is 0 Å². The number of ether oxygens (including phenoxy) is 1. The Labute approximate surface area is 137 Å². The molecule has 0 aliphatic carbocycles. The van der Waals surface area contributed by atoms with E-state index in [0.717, 1.165) is 6.42 Å². The quantitative estimate of drug-likeness (QED) is 0.844. The van der Waals surface area contributed by atoms with Gasteiger partial charge < -0.3 is 15.2 Å². The summed E-state index contributed by atoms with van der Waals surface area (Å²) < 4.78 is 5.29. The summed E-state index contributed by atoms with van der Waals surface area (Å²) in [6.07, 6.45) is 0.118. The minimum Gasteiger partial charge on any atom is -0.479 e. The van der Waals surface area contributed by atoms with Gasteiger partial charge in [0.2, 0.25) is 5.91 Å². The highest BCUT2D eigenvalue weighted by atomic mass is 16.5. The second-order valence-electron chi connectivity index (χ2n) is 6.89. The van der Waals surface area contributed by atoms with E-state index in [0.29, 0.717) is 12.8 Å². The standard InChI is InChI=1S/C18H25NO4/c1-12(11-18(2,3)13-7-5-4-6-8-13)19-16(20)14-9-10-15(23-14)17(21)22/h4-8,12,14-15H,9-11H2,1-3H3,(H,19,20)(H,21,22)/t12?,14-,15+/m0/s1. The highest BCUT2D eigenvalue weighted by Gasteiger charge is 2.35. The van der Waals surface area contributed by atoms with E-state index in [-0.39, 0.29) is 17.4 Å². The van der Waals surface area contributed by atoms with E-state index in [9.17, 15) is 9.59 Å². The smallest absolute Gasteiger partial charge is 0.332 e. The lowest BCUT2D eigenvalue weighted by molar-refractivity contribution is -0.151. The summed E-state index contributed by atoms with van der Waals surface area (Å²) in [6, 6.07) is 10.2. The lowest BCUT2D eigenvalue weighted by atomic mass is 9.79. The molecule has 126 valence electrons. The van der Waals surface area contributed by atoms with Crippen molar-refractivity contribution in [1.82, 2.24) is 5.32 Å². The molecule has 1 fully saturated rings. The first-order chi connectivity index (χ1) is 10.8. The molecule has 5 heteroatoms. The van der Waals surface area contributed by atoms with Gasteiger partial charge in [0.15, 0.2) is 6.10 Å². The van der Waals surface area contributed by atoms with Crippen molar-refractivity contribution in [3.05, 3.63) is 35.9 Å². The molecule has 0 saturated carbocycles. The molecule has 1 aliphatic heterocycles. The van der Waals surface area contributed by atoms with Gasteiger partial charge in [-0.25, -0.2) is 4.79 Å². The molecule has 3 atom stereocenters. The Morgan fingerprint density at radius 2 is 1.87 bits per heavy atom. The van der Waals surface area contributed by atoms with Gasteiger partial charge in [-0.05, 0) is 37.2 Å². The second kappa shape index (κ2) is 7.13. The summed E-state index contributed by atoms with van der Waals surface area (Å²) in [5.74, 6) is -1.22. The number of carboxylic acid groups (broad SMARTS) is 1. The summed E-state index contributed by atoms with van der Waals surface area (Å²) in [5, 5.41) is 11.9. The van der Waals surface area contributed by atoms with Crippen LogP contribution in [-0.4, -0.2) is 35.2 Å². The van der Waals surface area contributed by atoms with Gasteiger partial charge in [-0.3, -0.25) is 4.79 Å². The fourth-order valence-electron chi connectivity index (χ4n) is 3.17. The molecule has 1 aromatic rings. The van der Waals surface area contributed by atoms with Gasteiger partial charge in [0.05, 0.1) is 0 Å². The van der Waals surface area contributed by atoms with Crippen molar-refractivity contribution in [2.45, 2.75) is 63.7 Å². The highest BCUT2D eigenvalue weighted by Crippen LogP contribution is 2.28. The summed E-state index contributed by atoms with van der Waals surface area (Å²) in [4.78, 5) is 23.1. The van der Waals surface area contributed by atoms with Crippen molar-refractivity contribution in [3.63, 3.8) is 0 Å². The number of amides is 1. The number of nitrogens with one attached hydrogen (secondary N) is 1. The van der Waals surface area contributed by atoms with E-state index in [2.05, 4.69) is 31.3 Å². The number of carboxylic acids is 1. The van der Waals surface area contributed by atoms with E-state index in [1.807, 2.05) is 25.1 Å². The molecule has 1 heterocycles. The Bertz CT molecular complexity index is 555. The van der Waals surface area contributed by atoms with Crippen LogP contribution in [0.15, 0.2) is 30.3 Å². The molecular formula is C18H25NO4. The van der Waals surface area contributed by atoms with Gasteiger partial charge in [0, 0.05) is 6.04 Å². The van der Waals surface area contributed by atoms with Crippen LogP contribution >= 0.6 is 0 Å². The SMILES string of the molecule is CC(CC(C)(C)c1ccccc1)NC(=O)[C@@H]1CC[C@H](C(=O)O)O1. The zero-order valence-corrected chi connectivity index (χ0v) is 13.9. The number of rotatable bonds is 6. The van der Waals surface area contributed by atoms with Crippen LogP contribution in [-0.2, 0) is 19.7 Å². The van der Waals surface area contributed by atoms with Gasteiger partial charge in [-0.1, -0.05) is 44.2 Å². The summed E-state index contributed by atoms with van der Waals surface area (Å²) in [5.41, 5.74) is 1.16. The van der Waals surface area contributed by atoms with Gasteiger partial charge in [-0.2, -0.15) is 0 Å². The molecule has 2 rings (SSSR count). The molecule has 23 heavy (non-hydrogen) atoms. The highest BCUT2D eigenvalue weighted by molar-refractivity contribution is 5.82. The number of hydrogen-bond acceptors (Lipinski definition) is 3. The topological polar surface area (TPSA) is 75.6 Å². The first-order valence-corrected chi connectivity index (χ1v) is 8.04. The summed E-state index contributed by atoms with van der Waals surface area (Å²) in [6.45, 7) is 6.27. The Hall–Kier alpha value is -1.88. The van der Waals surface area contributed by atoms with Crippen LogP contribution in [0.5, 0.6) is 0 Å². The zero-order chi connectivity index (χ0) is 17.0. The Kier molecular flexibility index (Phi) is 5.42. The molecular weight excluding hydrogens is 294 g/mol. The number of benzene rings is 1. The molecule has 0 radical (unpaired) electrons. The molecule has 0 bridgehead atoms. The molecule has 2 N–H and O–H groups in total. The van der Waals surface area contributed by atoms with Crippen molar-refractivity contribution in [2.24, 2.45) is 0 Å². The molecule has 1 aromatic carbocycles. The van der Waals surface area contributed by atoms with Crippen LogP contribution in [0.1, 0.15) is 45.6 Å². The Morgan fingerprint density at radius 3 is 2.43 bits per heavy atom. The van der Waals surface area contributed by atoms with Crippen LogP contribution in [0.4, 0.5) is 0 Å². The summed E-state index contributed by atoms with van der Waals surface area (Å²) in [7, 11) is 0. The maximum absolute atomic E-state index is 12.2. The average molecular weight is 319 g/mol. The van der Waals surface area contributed by atoms with Crippen molar-refractivity contribution in [3.8, 4) is 0 Å². The molecule has 1 saturated heterocycles. The van der Waals surface area contributed by atoms with Crippen LogP contribution in [0.2, 0.25) is 0 Å². The lowest BCUT2D eigenvalue weighted by Gasteiger charge is -2.29. The molecule has 1 aliphatic rings. The third-order valence-corrected chi connectivity index (χ3v) is 4.35. The van der Waals surface area contributed by atoms with Gasteiger partial charge >= 0.3 is 5.97 Å². The van der Waals surface area contributed by atoms with Crippen LogP contribution in [0, 0.1) is 0 Å². The second-order valence-corrected chi connectivity index (χ2v) is 6.89. The maximum Gasteiger partial charge on any atom is 0.332 e. The minimum absolute atomic E-state index is 0.0230. The largest absolute Gasteiger partial charge is 0.479 e. The first kappa shape index (κ1) is 17.5. The summed E-state index contributed by atoms with van der Waals surface area (Å²) >= 11 is 0. The predicted octanol–water partition coefficient (Wildman–Crippen LogP) is 2.49. The number of carbonyl (C=O) groups excluding carboxylic acids is 1. The zero-order valence-electron chi connectivity index (χ0n) is 13.9. The fourth-order valence-corrected chi connectivity index (χ4v) is 3.17.